The molecule has 0 aliphatic carbocycles. The molecule has 2 N–H and O–H groups in total. The Balaban J connectivity index is 1.38. The van der Waals surface area contributed by atoms with E-state index in [1.54, 1.807) is 16.9 Å². The van der Waals surface area contributed by atoms with Gasteiger partial charge in [0.1, 0.15) is 5.82 Å². The van der Waals surface area contributed by atoms with Gasteiger partial charge in [0, 0.05) is 67.0 Å². The molecule has 1 aromatic carbocycles. The van der Waals surface area contributed by atoms with Crippen molar-refractivity contribution in [2.75, 3.05) is 18.0 Å². The highest BCUT2D eigenvalue weighted by molar-refractivity contribution is 5.98. The van der Waals surface area contributed by atoms with Gasteiger partial charge in [0.2, 0.25) is 0 Å². The second kappa shape index (κ2) is 7.35. The van der Waals surface area contributed by atoms with E-state index in [-0.39, 0.29) is 18.2 Å². The minimum Gasteiger partial charge on any atom is -0.353 e. The van der Waals surface area contributed by atoms with Crippen molar-refractivity contribution < 1.29 is 4.79 Å². The van der Waals surface area contributed by atoms with E-state index in [0.717, 1.165) is 46.5 Å². The van der Waals surface area contributed by atoms with E-state index in [9.17, 15) is 4.79 Å². The van der Waals surface area contributed by atoms with E-state index in [1.165, 1.54) is 0 Å². The Labute approximate surface area is 174 Å². The number of pyridine rings is 2. The van der Waals surface area contributed by atoms with Crippen molar-refractivity contribution >= 4 is 22.4 Å². The van der Waals surface area contributed by atoms with Crippen LogP contribution in [0.5, 0.6) is 0 Å². The van der Waals surface area contributed by atoms with Crippen LogP contribution < -0.4 is 10.6 Å². The van der Waals surface area contributed by atoms with E-state index in [4.69, 9.17) is 5.73 Å². The lowest BCUT2D eigenvalue weighted by Crippen LogP contribution is -2.56. The molecule has 4 aromatic rings. The summed E-state index contributed by atoms with van der Waals surface area (Å²) >= 11 is 0. The highest BCUT2D eigenvalue weighted by atomic mass is 16.1. The fourth-order valence-corrected chi connectivity index (χ4v) is 3.76. The fraction of sp³-hybridized carbons (Fsp3) is 0.217. The summed E-state index contributed by atoms with van der Waals surface area (Å²) in [6.07, 6.45) is 7.58. The van der Waals surface area contributed by atoms with Crippen LogP contribution in [0.4, 0.5) is 5.82 Å². The number of anilines is 1. The Morgan fingerprint density at radius 2 is 1.93 bits per heavy atom. The lowest BCUT2D eigenvalue weighted by molar-refractivity contribution is 0.0992. The summed E-state index contributed by atoms with van der Waals surface area (Å²) in [5, 5.41) is 6.34. The highest BCUT2D eigenvalue weighted by Crippen LogP contribution is 2.25. The summed E-state index contributed by atoms with van der Waals surface area (Å²) in [4.78, 5) is 23.8. The number of benzene rings is 1. The fourth-order valence-electron chi connectivity index (χ4n) is 3.76. The predicted molar refractivity (Wildman–Crippen MR) is 116 cm³/mol. The van der Waals surface area contributed by atoms with Crippen molar-refractivity contribution in [3.8, 4) is 11.1 Å². The molecule has 0 unspecified atom stereocenters. The maximum atomic E-state index is 12.9. The highest BCUT2D eigenvalue weighted by Gasteiger charge is 2.24. The number of Topliss-reactive ketones (excluding diaryl/α,β-unsaturated/α-hetero) is 1. The number of aromatic nitrogens is 4. The molecule has 150 valence electrons. The number of hydrogen-bond acceptors (Lipinski definition) is 6. The minimum absolute atomic E-state index is 0.0266. The third-order valence-electron chi connectivity index (χ3n) is 5.46. The van der Waals surface area contributed by atoms with E-state index in [0.29, 0.717) is 5.56 Å². The van der Waals surface area contributed by atoms with Gasteiger partial charge in [-0.2, -0.15) is 5.10 Å². The van der Waals surface area contributed by atoms with Crippen molar-refractivity contribution in [1.82, 2.24) is 19.7 Å². The molecule has 3 aromatic heterocycles. The molecule has 0 spiro atoms. The number of nitrogens with two attached hydrogens (primary N) is 1. The number of rotatable bonds is 5. The van der Waals surface area contributed by atoms with E-state index in [2.05, 4.69) is 32.1 Å². The molecule has 1 saturated heterocycles. The molecule has 0 amide bonds. The molecule has 7 heteroatoms. The number of fused-ring (bicyclic) bond motifs is 1. The molecule has 5 rings (SSSR count). The van der Waals surface area contributed by atoms with Crippen molar-refractivity contribution in [2.24, 2.45) is 12.8 Å². The average Bonchev–Trinajstić information content (AvgIpc) is 3.17. The summed E-state index contributed by atoms with van der Waals surface area (Å²) in [6.45, 7) is 1.55. The van der Waals surface area contributed by atoms with Gasteiger partial charge in [-0.3, -0.25) is 14.5 Å². The number of carbonyl (C=O) groups is 1. The maximum Gasteiger partial charge on any atom is 0.169 e. The van der Waals surface area contributed by atoms with Crippen LogP contribution in [0.1, 0.15) is 16.1 Å². The first kappa shape index (κ1) is 18.4. The SMILES string of the molecule is Cn1cc(-c2ccc3cnc(CC(=O)c4ccnc(N5CC(N)C5)c4)cc3c2)cn1. The quantitative estimate of drug-likeness (QED) is 0.520. The molecule has 0 bridgehead atoms. The third-order valence-corrected chi connectivity index (χ3v) is 5.46. The third kappa shape index (κ3) is 3.55. The number of nitrogens with zero attached hydrogens (tertiary/aromatic N) is 5. The summed E-state index contributed by atoms with van der Waals surface area (Å²) < 4.78 is 1.78. The molecular formula is C23H22N6O. The smallest absolute Gasteiger partial charge is 0.169 e. The van der Waals surface area contributed by atoms with Gasteiger partial charge in [0.25, 0.3) is 0 Å². The minimum atomic E-state index is 0.0266. The molecule has 0 atom stereocenters. The van der Waals surface area contributed by atoms with Crippen molar-refractivity contribution in [1.29, 1.82) is 0 Å². The maximum absolute atomic E-state index is 12.9. The normalized spacial score (nSPS) is 14.1. The summed E-state index contributed by atoms with van der Waals surface area (Å²) in [6, 6.07) is 12.0. The number of aryl methyl sites for hydroxylation is 1. The van der Waals surface area contributed by atoms with Gasteiger partial charge in [0.15, 0.2) is 5.78 Å². The largest absolute Gasteiger partial charge is 0.353 e. The van der Waals surface area contributed by atoms with Crippen LogP contribution >= 0.6 is 0 Å². The van der Waals surface area contributed by atoms with Crippen LogP contribution in [0.25, 0.3) is 21.9 Å². The second-order valence-corrected chi connectivity index (χ2v) is 7.81. The van der Waals surface area contributed by atoms with Crippen LogP contribution in [-0.2, 0) is 13.5 Å². The zero-order chi connectivity index (χ0) is 20.7. The Bertz CT molecular complexity index is 1240. The first-order valence-electron chi connectivity index (χ1n) is 9.93. The van der Waals surface area contributed by atoms with Gasteiger partial charge >= 0.3 is 0 Å². The Hall–Kier alpha value is -3.58. The van der Waals surface area contributed by atoms with Gasteiger partial charge < -0.3 is 10.6 Å². The van der Waals surface area contributed by atoms with Crippen LogP contribution in [-0.4, -0.2) is 44.7 Å². The lowest BCUT2D eigenvalue weighted by atomic mass is 10.0. The summed E-state index contributed by atoms with van der Waals surface area (Å²) in [7, 11) is 1.90. The molecule has 0 saturated carbocycles. The van der Waals surface area contributed by atoms with E-state index >= 15 is 0 Å². The first-order valence-corrected chi connectivity index (χ1v) is 9.93. The van der Waals surface area contributed by atoms with Gasteiger partial charge in [0.05, 0.1) is 12.6 Å². The molecule has 1 aliphatic heterocycles. The van der Waals surface area contributed by atoms with Crippen LogP contribution in [0.2, 0.25) is 0 Å². The Morgan fingerprint density at radius 3 is 2.70 bits per heavy atom. The molecule has 0 radical (unpaired) electrons. The zero-order valence-corrected chi connectivity index (χ0v) is 16.7. The van der Waals surface area contributed by atoms with E-state index in [1.807, 2.05) is 43.8 Å². The summed E-state index contributed by atoms with van der Waals surface area (Å²) in [5.41, 5.74) is 9.39. The summed E-state index contributed by atoms with van der Waals surface area (Å²) in [5.74, 6) is 0.828. The molecule has 1 fully saturated rings. The molecular weight excluding hydrogens is 376 g/mol. The average molecular weight is 398 g/mol. The van der Waals surface area contributed by atoms with Crippen molar-refractivity contribution in [2.45, 2.75) is 12.5 Å². The lowest BCUT2D eigenvalue weighted by Gasteiger charge is -2.37. The molecule has 30 heavy (non-hydrogen) atoms. The molecule has 7 nitrogen and oxygen atoms in total. The van der Waals surface area contributed by atoms with Crippen LogP contribution in [0.15, 0.2) is 61.2 Å². The number of ketones is 1. The van der Waals surface area contributed by atoms with Crippen LogP contribution in [0, 0.1) is 0 Å². The van der Waals surface area contributed by atoms with Gasteiger partial charge in [-0.1, -0.05) is 12.1 Å². The molecule has 4 heterocycles. The monoisotopic (exact) mass is 398 g/mol. The number of carbonyl (C=O) groups excluding carboxylic acids is 1. The first-order chi connectivity index (χ1) is 14.5. The standard InChI is InChI=1S/C23H22N6O/c1-28-12-19(11-27-28)15-2-3-17-10-26-21(7-18(17)6-15)9-22(30)16-4-5-25-23(8-16)29-13-20(24)14-29/h2-8,10-12,20H,9,13-14,24H2,1H3. The zero-order valence-electron chi connectivity index (χ0n) is 16.7. The topological polar surface area (TPSA) is 89.9 Å². The van der Waals surface area contributed by atoms with Crippen molar-refractivity contribution in [3.05, 3.63) is 72.4 Å². The number of hydrogen-bond donors (Lipinski definition) is 1. The second-order valence-electron chi connectivity index (χ2n) is 7.81. The van der Waals surface area contributed by atoms with Crippen LogP contribution in [0.3, 0.4) is 0 Å². The Morgan fingerprint density at radius 1 is 1.07 bits per heavy atom. The van der Waals surface area contributed by atoms with Gasteiger partial charge in [-0.15, -0.1) is 0 Å². The molecule has 1 aliphatic rings. The van der Waals surface area contributed by atoms with Gasteiger partial charge in [-0.05, 0) is 35.2 Å². The van der Waals surface area contributed by atoms with E-state index < -0.39 is 0 Å². The Kier molecular flexibility index (Phi) is 4.52. The predicted octanol–water partition coefficient (Wildman–Crippen LogP) is 2.60. The van der Waals surface area contributed by atoms with Crippen molar-refractivity contribution in [3.63, 3.8) is 0 Å². The van der Waals surface area contributed by atoms with Gasteiger partial charge in [-0.25, -0.2) is 4.98 Å².